The normalized spacial score (nSPS) is 14.1. The summed E-state index contributed by atoms with van der Waals surface area (Å²) in [5.41, 5.74) is 1.05. The van der Waals surface area contributed by atoms with Gasteiger partial charge < -0.3 is 14.8 Å². The number of hydrogen-bond acceptors (Lipinski definition) is 3. The molecule has 4 heteroatoms. The van der Waals surface area contributed by atoms with Gasteiger partial charge in [0.2, 0.25) is 0 Å². The van der Waals surface area contributed by atoms with E-state index in [1.165, 1.54) is 0 Å². The van der Waals surface area contributed by atoms with E-state index in [0.717, 1.165) is 28.0 Å². The van der Waals surface area contributed by atoms with Crippen LogP contribution in [0.3, 0.4) is 0 Å². The van der Waals surface area contributed by atoms with Gasteiger partial charge in [-0.3, -0.25) is 0 Å². The highest BCUT2D eigenvalue weighted by molar-refractivity contribution is 9.10. The lowest BCUT2D eigenvalue weighted by Crippen LogP contribution is -2.37. The van der Waals surface area contributed by atoms with E-state index >= 15 is 0 Å². The van der Waals surface area contributed by atoms with E-state index in [2.05, 4.69) is 35.1 Å². The van der Waals surface area contributed by atoms with Gasteiger partial charge in [-0.15, -0.1) is 0 Å². The zero-order chi connectivity index (χ0) is 15.2. The van der Waals surface area contributed by atoms with Crippen LogP contribution in [0.5, 0.6) is 0 Å². The summed E-state index contributed by atoms with van der Waals surface area (Å²) in [7, 11) is 0. The molecule has 0 saturated carbocycles. The van der Waals surface area contributed by atoms with Gasteiger partial charge in [-0.2, -0.15) is 0 Å². The predicted molar refractivity (Wildman–Crippen MR) is 89.0 cm³/mol. The lowest BCUT2D eigenvalue weighted by Gasteiger charge is -2.21. The Morgan fingerprint density at radius 1 is 1.29 bits per heavy atom. The van der Waals surface area contributed by atoms with E-state index in [1.807, 2.05) is 36.4 Å². The van der Waals surface area contributed by atoms with Crippen molar-refractivity contribution in [3.63, 3.8) is 0 Å². The monoisotopic (exact) mass is 351 g/mol. The molecule has 21 heavy (non-hydrogen) atoms. The second kappa shape index (κ2) is 7.78. The Labute approximate surface area is 134 Å². The number of aliphatic hydroxyl groups is 1. The van der Waals surface area contributed by atoms with Gasteiger partial charge in [0, 0.05) is 16.1 Å². The number of furan rings is 1. The van der Waals surface area contributed by atoms with Crippen molar-refractivity contribution in [2.24, 2.45) is 5.92 Å². The zero-order valence-electron chi connectivity index (χ0n) is 12.5. The Morgan fingerprint density at radius 2 is 2.10 bits per heavy atom. The van der Waals surface area contributed by atoms with Crippen molar-refractivity contribution in [3.05, 3.63) is 46.6 Å². The SMILES string of the molecule is CCC(C)C(CO)NCc1ccc(-c2cccc(Br)c2)o1. The van der Waals surface area contributed by atoms with E-state index in [1.54, 1.807) is 0 Å². The minimum atomic E-state index is 0.106. The van der Waals surface area contributed by atoms with E-state index in [0.29, 0.717) is 12.5 Å². The van der Waals surface area contributed by atoms with Crippen molar-refractivity contribution in [3.8, 4) is 11.3 Å². The maximum absolute atomic E-state index is 9.42. The fourth-order valence-corrected chi connectivity index (χ4v) is 2.63. The van der Waals surface area contributed by atoms with Gasteiger partial charge in [0.1, 0.15) is 11.5 Å². The van der Waals surface area contributed by atoms with E-state index in [9.17, 15) is 5.11 Å². The molecule has 0 radical (unpaired) electrons. The molecule has 1 aromatic heterocycles. The van der Waals surface area contributed by atoms with Gasteiger partial charge in [-0.25, -0.2) is 0 Å². The summed E-state index contributed by atoms with van der Waals surface area (Å²) in [6.07, 6.45) is 1.04. The fourth-order valence-electron chi connectivity index (χ4n) is 2.23. The second-order valence-electron chi connectivity index (χ2n) is 5.33. The van der Waals surface area contributed by atoms with Crippen LogP contribution in [0.4, 0.5) is 0 Å². The lowest BCUT2D eigenvalue weighted by molar-refractivity contribution is 0.198. The number of halogens is 1. The Kier molecular flexibility index (Phi) is 6.03. The summed E-state index contributed by atoms with van der Waals surface area (Å²) in [5.74, 6) is 2.18. The molecule has 2 atom stereocenters. The van der Waals surface area contributed by atoms with Crippen LogP contribution in [0.25, 0.3) is 11.3 Å². The molecule has 3 nitrogen and oxygen atoms in total. The molecule has 0 saturated heterocycles. The molecular weight excluding hydrogens is 330 g/mol. The number of nitrogens with one attached hydrogen (secondary N) is 1. The van der Waals surface area contributed by atoms with Crippen molar-refractivity contribution in [1.82, 2.24) is 5.32 Å². The molecule has 114 valence electrons. The third-order valence-electron chi connectivity index (χ3n) is 3.84. The molecular formula is C17H22BrNO2. The van der Waals surface area contributed by atoms with Crippen LogP contribution in [0, 0.1) is 5.92 Å². The third kappa shape index (κ3) is 4.43. The van der Waals surface area contributed by atoms with Gasteiger partial charge >= 0.3 is 0 Å². The smallest absolute Gasteiger partial charge is 0.134 e. The average Bonchev–Trinajstić information content (AvgIpc) is 2.96. The summed E-state index contributed by atoms with van der Waals surface area (Å²) < 4.78 is 6.90. The first-order valence-electron chi connectivity index (χ1n) is 7.33. The first-order valence-corrected chi connectivity index (χ1v) is 8.12. The predicted octanol–water partition coefficient (Wildman–Crippen LogP) is 4.21. The Hall–Kier alpha value is -1.10. The summed E-state index contributed by atoms with van der Waals surface area (Å²) in [6.45, 7) is 5.05. The van der Waals surface area contributed by atoms with Crippen LogP contribution in [0.2, 0.25) is 0 Å². The van der Waals surface area contributed by atoms with Gasteiger partial charge in [0.05, 0.1) is 13.2 Å². The van der Waals surface area contributed by atoms with Crippen LogP contribution in [0.15, 0.2) is 45.3 Å². The molecule has 2 aromatic rings. The number of hydrogen-bond donors (Lipinski definition) is 2. The highest BCUT2D eigenvalue weighted by Gasteiger charge is 2.14. The first kappa shape index (κ1) is 16.3. The van der Waals surface area contributed by atoms with Crippen molar-refractivity contribution in [2.45, 2.75) is 32.9 Å². The van der Waals surface area contributed by atoms with Crippen molar-refractivity contribution < 1.29 is 9.52 Å². The molecule has 1 heterocycles. The molecule has 2 unspecified atom stereocenters. The first-order chi connectivity index (χ1) is 10.1. The second-order valence-corrected chi connectivity index (χ2v) is 6.25. The van der Waals surface area contributed by atoms with Crippen LogP contribution in [0.1, 0.15) is 26.0 Å². The minimum absolute atomic E-state index is 0.106. The molecule has 0 aliphatic carbocycles. The van der Waals surface area contributed by atoms with Gasteiger partial charge in [-0.1, -0.05) is 48.3 Å². The summed E-state index contributed by atoms with van der Waals surface area (Å²) in [5, 5.41) is 12.8. The van der Waals surface area contributed by atoms with Crippen LogP contribution in [-0.2, 0) is 6.54 Å². The molecule has 2 N–H and O–H groups in total. The highest BCUT2D eigenvalue weighted by atomic mass is 79.9. The minimum Gasteiger partial charge on any atom is -0.460 e. The van der Waals surface area contributed by atoms with E-state index in [-0.39, 0.29) is 12.6 Å². The van der Waals surface area contributed by atoms with Crippen LogP contribution >= 0.6 is 15.9 Å². The largest absolute Gasteiger partial charge is 0.460 e. The lowest BCUT2D eigenvalue weighted by atomic mass is 10.00. The van der Waals surface area contributed by atoms with Crippen molar-refractivity contribution in [1.29, 1.82) is 0 Å². The zero-order valence-corrected chi connectivity index (χ0v) is 14.1. The molecule has 0 fully saturated rings. The Morgan fingerprint density at radius 3 is 2.76 bits per heavy atom. The molecule has 0 amide bonds. The quantitative estimate of drug-likeness (QED) is 0.785. The third-order valence-corrected chi connectivity index (χ3v) is 4.33. The molecule has 0 aliphatic rings. The van der Waals surface area contributed by atoms with E-state index < -0.39 is 0 Å². The fraction of sp³-hybridized carbons (Fsp3) is 0.412. The molecule has 2 rings (SSSR count). The maximum atomic E-state index is 9.42. The number of rotatable bonds is 7. The summed E-state index contributed by atoms with van der Waals surface area (Å²) >= 11 is 3.47. The van der Waals surface area contributed by atoms with Gasteiger partial charge in [0.15, 0.2) is 0 Å². The van der Waals surface area contributed by atoms with Crippen molar-refractivity contribution >= 4 is 15.9 Å². The molecule has 1 aromatic carbocycles. The van der Waals surface area contributed by atoms with Gasteiger partial charge in [-0.05, 0) is 30.2 Å². The van der Waals surface area contributed by atoms with E-state index in [4.69, 9.17) is 4.42 Å². The maximum Gasteiger partial charge on any atom is 0.134 e. The summed E-state index contributed by atoms with van der Waals surface area (Å²) in [4.78, 5) is 0. The highest BCUT2D eigenvalue weighted by Crippen LogP contribution is 2.25. The Bertz CT molecular complexity index is 567. The standard InChI is InChI=1S/C17H22BrNO2/c1-3-12(2)16(11-20)19-10-15-7-8-17(21-15)13-5-4-6-14(18)9-13/h4-9,12,16,19-20H,3,10-11H2,1-2H3. The van der Waals surface area contributed by atoms with Crippen molar-refractivity contribution in [2.75, 3.05) is 6.61 Å². The number of aliphatic hydroxyl groups excluding tert-OH is 1. The molecule has 0 aliphatic heterocycles. The number of benzene rings is 1. The topological polar surface area (TPSA) is 45.4 Å². The molecule has 0 bridgehead atoms. The summed E-state index contributed by atoms with van der Waals surface area (Å²) in [6, 6.07) is 12.1. The van der Waals surface area contributed by atoms with Crippen LogP contribution in [-0.4, -0.2) is 17.8 Å². The average molecular weight is 352 g/mol. The Balaban J connectivity index is 2.00. The molecule has 0 spiro atoms. The van der Waals surface area contributed by atoms with Gasteiger partial charge in [0.25, 0.3) is 0 Å². The van der Waals surface area contributed by atoms with Crippen LogP contribution < -0.4 is 5.32 Å².